The highest BCUT2D eigenvalue weighted by Crippen LogP contribution is 2.48. The standard InChI is InChI=1S/C45H80N4O10/c1-38(2)22-30(42(9,10)46-38)36(52)58-28(26-57-35(51)32-24-40(5,6)48(54-18)44(32,13)14)20-21-29(27-56-34(50)31-23-39(3,4)47(17)43(31,11)12)59-37(53)33-25-41(7,8)49(55-19)45(33,15)16/h28-33,46H,20-27H2,1-19H3. The molecule has 0 saturated carbocycles. The van der Waals surface area contributed by atoms with Crippen LogP contribution in [-0.4, -0.2) is 130 Å². The number of nitrogens with zero attached hydrogens (tertiary/aromatic N) is 3. The summed E-state index contributed by atoms with van der Waals surface area (Å²) < 4.78 is 24.6. The highest BCUT2D eigenvalue weighted by atomic mass is 16.7. The number of hydroxylamine groups is 4. The Morgan fingerprint density at radius 1 is 0.525 bits per heavy atom. The minimum atomic E-state index is -0.873. The average molecular weight is 837 g/mol. The molecular weight excluding hydrogens is 757 g/mol. The number of hydrogen-bond donors (Lipinski definition) is 1. The van der Waals surface area contributed by atoms with Crippen LogP contribution in [0.2, 0.25) is 0 Å². The Hall–Kier alpha value is -2.36. The van der Waals surface area contributed by atoms with E-state index in [1.807, 2.05) is 100 Å². The first-order valence-electron chi connectivity index (χ1n) is 21.6. The highest BCUT2D eigenvalue weighted by Gasteiger charge is 2.58. The summed E-state index contributed by atoms with van der Waals surface area (Å²) >= 11 is 0. The third-order valence-electron chi connectivity index (χ3n) is 14.5. The van der Waals surface area contributed by atoms with Crippen LogP contribution in [0, 0.1) is 23.7 Å². The summed E-state index contributed by atoms with van der Waals surface area (Å²) in [4.78, 5) is 69.6. The Morgan fingerprint density at radius 2 is 0.881 bits per heavy atom. The fourth-order valence-corrected chi connectivity index (χ4v) is 11.4. The molecule has 6 atom stereocenters. The molecule has 4 aliphatic heterocycles. The van der Waals surface area contributed by atoms with E-state index in [4.69, 9.17) is 28.6 Å². The lowest BCUT2D eigenvalue weighted by molar-refractivity contribution is -0.225. The second-order valence-corrected chi connectivity index (χ2v) is 22.6. The van der Waals surface area contributed by atoms with Crippen molar-refractivity contribution >= 4 is 23.9 Å². The molecule has 0 radical (unpaired) electrons. The summed E-state index contributed by atoms with van der Waals surface area (Å²) in [7, 11) is 5.22. The van der Waals surface area contributed by atoms with Crippen LogP contribution < -0.4 is 5.32 Å². The van der Waals surface area contributed by atoms with Gasteiger partial charge in [-0.3, -0.25) is 24.1 Å². The summed E-state index contributed by atoms with van der Waals surface area (Å²) in [6.07, 6.45) is 0.791. The Labute approximate surface area is 355 Å². The van der Waals surface area contributed by atoms with Crippen LogP contribution in [0.5, 0.6) is 0 Å². The molecule has 1 N–H and O–H groups in total. The second kappa shape index (κ2) is 16.7. The number of hydrogen-bond acceptors (Lipinski definition) is 14. The molecule has 0 aromatic carbocycles. The molecular formula is C45H80N4O10. The summed E-state index contributed by atoms with van der Waals surface area (Å²) in [6.45, 7) is 31.9. The van der Waals surface area contributed by atoms with E-state index in [1.165, 1.54) is 0 Å². The van der Waals surface area contributed by atoms with Gasteiger partial charge in [0.1, 0.15) is 25.4 Å². The van der Waals surface area contributed by atoms with Gasteiger partial charge in [0.25, 0.3) is 0 Å². The molecule has 14 heteroatoms. The van der Waals surface area contributed by atoms with Crippen LogP contribution in [0.1, 0.15) is 149 Å². The van der Waals surface area contributed by atoms with Crippen molar-refractivity contribution in [3.05, 3.63) is 0 Å². The Morgan fingerprint density at radius 3 is 1.20 bits per heavy atom. The zero-order valence-electron chi connectivity index (χ0n) is 40.0. The maximum atomic E-state index is 14.2. The molecule has 4 aliphatic rings. The highest BCUT2D eigenvalue weighted by molar-refractivity contribution is 5.77. The topological polar surface area (TPSA) is 145 Å². The summed E-state index contributed by atoms with van der Waals surface area (Å²) in [5.74, 6) is -3.50. The van der Waals surface area contributed by atoms with Crippen LogP contribution in [0.4, 0.5) is 0 Å². The van der Waals surface area contributed by atoms with E-state index in [-0.39, 0.29) is 43.1 Å². The lowest BCUT2D eigenvalue weighted by Gasteiger charge is -2.38. The smallest absolute Gasteiger partial charge is 0.311 e. The first-order chi connectivity index (χ1) is 26.7. The number of ether oxygens (including phenoxy) is 4. The maximum Gasteiger partial charge on any atom is 0.311 e. The molecule has 4 fully saturated rings. The lowest BCUT2D eigenvalue weighted by Crippen LogP contribution is -2.50. The van der Waals surface area contributed by atoms with E-state index in [2.05, 4.69) is 37.9 Å². The van der Waals surface area contributed by atoms with Gasteiger partial charge in [-0.15, -0.1) is 0 Å². The molecule has 0 aromatic rings. The van der Waals surface area contributed by atoms with Gasteiger partial charge in [-0.1, -0.05) is 0 Å². The molecule has 0 amide bonds. The minimum absolute atomic E-state index is 0.176. The Bertz CT molecular complexity index is 1570. The molecule has 6 unspecified atom stereocenters. The monoisotopic (exact) mass is 837 g/mol. The van der Waals surface area contributed by atoms with Gasteiger partial charge in [-0.05, 0) is 156 Å². The van der Waals surface area contributed by atoms with Crippen molar-refractivity contribution < 1.29 is 47.8 Å². The van der Waals surface area contributed by atoms with Crippen molar-refractivity contribution in [3.8, 4) is 0 Å². The molecule has 14 nitrogen and oxygen atoms in total. The van der Waals surface area contributed by atoms with Gasteiger partial charge >= 0.3 is 23.9 Å². The van der Waals surface area contributed by atoms with Gasteiger partial charge in [0, 0.05) is 33.2 Å². The number of nitrogens with one attached hydrogen (secondary N) is 1. The molecule has 4 heterocycles. The number of esters is 4. The molecule has 59 heavy (non-hydrogen) atoms. The van der Waals surface area contributed by atoms with E-state index in [9.17, 15) is 19.2 Å². The number of carbonyl (C=O) groups excluding carboxylic acids is 4. The number of carbonyl (C=O) groups is 4. The fourth-order valence-electron chi connectivity index (χ4n) is 11.4. The molecule has 4 rings (SSSR count). The van der Waals surface area contributed by atoms with Gasteiger partial charge in [-0.25, -0.2) is 0 Å². The van der Waals surface area contributed by atoms with Crippen molar-refractivity contribution in [1.29, 1.82) is 0 Å². The second-order valence-electron chi connectivity index (χ2n) is 22.6. The van der Waals surface area contributed by atoms with Crippen molar-refractivity contribution in [2.24, 2.45) is 23.7 Å². The van der Waals surface area contributed by atoms with E-state index < -0.39 is 87.0 Å². The normalized spacial score (nSPS) is 31.0. The van der Waals surface area contributed by atoms with Gasteiger partial charge in [0.05, 0.1) is 49.0 Å². The van der Waals surface area contributed by atoms with Crippen molar-refractivity contribution in [3.63, 3.8) is 0 Å². The molecule has 0 aromatic heterocycles. The summed E-state index contributed by atoms with van der Waals surface area (Å²) in [5.41, 5.74) is -3.71. The zero-order valence-corrected chi connectivity index (χ0v) is 40.0. The van der Waals surface area contributed by atoms with Crippen LogP contribution in [-0.2, 0) is 47.8 Å². The average Bonchev–Trinajstić information content (AvgIpc) is 3.59. The first-order valence-corrected chi connectivity index (χ1v) is 21.6. The Kier molecular flexibility index (Phi) is 14.0. The van der Waals surface area contributed by atoms with Crippen LogP contribution >= 0.6 is 0 Å². The number of likely N-dealkylation sites (tertiary alicyclic amines) is 1. The van der Waals surface area contributed by atoms with Crippen molar-refractivity contribution in [1.82, 2.24) is 20.3 Å². The lowest BCUT2D eigenvalue weighted by atomic mass is 9.87. The van der Waals surface area contributed by atoms with Crippen LogP contribution in [0.25, 0.3) is 0 Å². The molecule has 0 spiro atoms. The zero-order chi connectivity index (χ0) is 45.1. The predicted molar refractivity (Wildman–Crippen MR) is 225 cm³/mol. The van der Waals surface area contributed by atoms with E-state index >= 15 is 0 Å². The quantitative estimate of drug-likeness (QED) is 0.147. The summed E-state index contributed by atoms with van der Waals surface area (Å²) in [6, 6.07) is 0. The maximum absolute atomic E-state index is 14.2. The minimum Gasteiger partial charge on any atom is -0.461 e. The van der Waals surface area contributed by atoms with E-state index in [0.717, 1.165) is 0 Å². The van der Waals surface area contributed by atoms with Gasteiger partial charge < -0.3 is 33.9 Å². The van der Waals surface area contributed by atoms with E-state index in [1.54, 1.807) is 14.2 Å². The first kappa shape index (κ1) is 49.3. The van der Waals surface area contributed by atoms with Gasteiger partial charge in [0.15, 0.2) is 0 Å². The predicted octanol–water partition coefficient (Wildman–Crippen LogP) is 6.23. The number of rotatable bonds is 15. The van der Waals surface area contributed by atoms with Gasteiger partial charge in [0.2, 0.25) is 0 Å². The summed E-state index contributed by atoms with van der Waals surface area (Å²) in [5, 5.41) is 7.22. The van der Waals surface area contributed by atoms with Crippen LogP contribution in [0.3, 0.4) is 0 Å². The molecule has 4 saturated heterocycles. The van der Waals surface area contributed by atoms with Gasteiger partial charge in [-0.2, -0.15) is 10.1 Å². The fraction of sp³-hybridized carbons (Fsp3) is 0.911. The van der Waals surface area contributed by atoms with Crippen LogP contribution in [0.15, 0.2) is 0 Å². The third-order valence-corrected chi connectivity index (χ3v) is 14.5. The SMILES string of the molecule is CON1C(C)(C)CC(C(=O)OCC(CCC(COC(=O)C2CC(C)(C)N(C)C2(C)C)OC(=O)C2CC(C)(C)N(OC)C2(C)C)OC(=O)C2CC(C)(C)NC2(C)C)C1(C)C. The van der Waals surface area contributed by atoms with Crippen molar-refractivity contribution in [2.45, 2.75) is 206 Å². The molecule has 340 valence electrons. The third kappa shape index (κ3) is 9.98. The largest absolute Gasteiger partial charge is 0.461 e. The van der Waals surface area contributed by atoms with E-state index in [0.29, 0.717) is 25.7 Å². The Balaban J connectivity index is 1.59. The molecule has 0 aliphatic carbocycles. The molecule has 0 bridgehead atoms. The van der Waals surface area contributed by atoms with Crippen molar-refractivity contribution in [2.75, 3.05) is 34.5 Å².